The van der Waals surface area contributed by atoms with E-state index < -0.39 is 0 Å². The van der Waals surface area contributed by atoms with Gasteiger partial charge in [0.25, 0.3) is 11.8 Å². The summed E-state index contributed by atoms with van der Waals surface area (Å²) in [5.74, 6) is 0.121. The molecular weight excluding hydrogens is 419 g/mol. The number of rotatable bonds is 1. The highest BCUT2D eigenvalue weighted by Crippen LogP contribution is 2.31. The number of para-hydroxylation sites is 1. The van der Waals surface area contributed by atoms with Crippen LogP contribution in [0, 0.1) is 5.82 Å². The van der Waals surface area contributed by atoms with Crippen LogP contribution in [0.4, 0.5) is 4.39 Å². The van der Waals surface area contributed by atoms with E-state index in [9.17, 15) is 14.0 Å². The first-order chi connectivity index (χ1) is 16.0. The van der Waals surface area contributed by atoms with Gasteiger partial charge in [-0.3, -0.25) is 9.59 Å². The van der Waals surface area contributed by atoms with E-state index in [1.165, 1.54) is 12.1 Å². The zero-order chi connectivity index (χ0) is 23.2. The lowest BCUT2D eigenvalue weighted by atomic mass is 9.90. The standard InChI is InChI=1S/C27H33FN2O3/c1-29-18-8-2-3-9-19-30(26(31)20-14-16-21(28)17-15-20)23-11-5-7-13-25(23)33-24-12-6-4-10-22(24)27(29)32/h4,6,10,12,14-17,23,25H,2-3,5,7-9,11,13,18-19H2,1H3/t23-,25+/m1/s1. The Labute approximate surface area is 195 Å². The summed E-state index contributed by atoms with van der Waals surface area (Å²) >= 11 is 0. The number of hydrogen-bond acceptors (Lipinski definition) is 3. The second kappa shape index (κ2) is 10.8. The summed E-state index contributed by atoms with van der Waals surface area (Å²) in [6.45, 7) is 1.34. The maximum atomic E-state index is 13.5. The van der Waals surface area contributed by atoms with Crippen molar-refractivity contribution in [3.63, 3.8) is 0 Å². The average Bonchev–Trinajstić information content (AvgIpc) is 2.83. The van der Waals surface area contributed by atoms with Gasteiger partial charge in [0.1, 0.15) is 17.7 Å². The molecule has 2 aromatic rings. The average molecular weight is 453 g/mol. The van der Waals surface area contributed by atoms with E-state index in [-0.39, 0.29) is 29.8 Å². The van der Waals surface area contributed by atoms with Gasteiger partial charge in [0.2, 0.25) is 0 Å². The maximum absolute atomic E-state index is 13.5. The molecule has 1 fully saturated rings. The molecule has 2 atom stereocenters. The molecule has 0 N–H and O–H groups in total. The van der Waals surface area contributed by atoms with E-state index in [0.717, 1.165) is 51.4 Å². The van der Waals surface area contributed by atoms with Crippen LogP contribution in [0.2, 0.25) is 0 Å². The molecule has 6 heteroatoms. The van der Waals surface area contributed by atoms with Gasteiger partial charge >= 0.3 is 0 Å². The number of carbonyl (C=O) groups excluding carboxylic acids is 2. The molecule has 33 heavy (non-hydrogen) atoms. The van der Waals surface area contributed by atoms with Crippen LogP contribution < -0.4 is 4.74 Å². The number of benzene rings is 2. The van der Waals surface area contributed by atoms with E-state index in [2.05, 4.69) is 0 Å². The Morgan fingerprint density at radius 1 is 0.909 bits per heavy atom. The van der Waals surface area contributed by atoms with E-state index >= 15 is 0 Å². The van der Waals surface area contributed by atoms with Gasteiger partial charge in [-0.1, -0.05) is 31.4 Å². The molecule has 2 aliphatic rings. The minimum absolute atomic E-state index is 0.0331. The minimum Gasteiger partial charge on any atom is -0.487 e. The lowest BCUT2D eigenvalue weighted by Crippen LogP contribution is -2.51. The molecule has 2 aromatic carbocycles. The summed E-state index contributed by atoms with van der Waals surface area (Å²) in [5, 5.41) is 0. The smallest absolute Gasteiger partial charge is 0.257 e. The molecule has 0 unspecified atom stereocenters. The molecular formula is C27H33FN2O3. The largest absolute Gasteiger partial charge is 0.487 e. The third-order valence-electron chi connectivity index (χ3n) is 6.81. The first-order valence-corrected chi connectivity index (χ1v) is 12.1. The molecule has 176 valence electrons. The fraction of sp³-hybridized carbons (Fsp3) is 0.481. The molecule has 1 aliphatic carbocycles. The first-order valence-electron chi connectivity index (χ1n) is 12.1. The van der Waals surface area contributed by atoms with Crippen LogP contribution in [0.15, 0.2) is 48.5 Å². The van der Waals surface area contributed by atoms with Crippen molar-refractivity contribution in [1.82, 2.24) is 9.80 Å². The number of carbonyl (C=O) groups is 2. The third kappa shape index (κ3) is 5.55. The van der Waals surface area contributed by atoms with E-state index in [0.29, 0.717) is 30.0 Å². The number of nitrogens with zero attached hydrogens (tertiary/aromatic N) is 2. The Morgan fingerprint density at radius 3 is 2.39 bits per heavy atom. The van der Waals surface area contributed by atoms with Gasteiger partial charge in [0.15, 0.2) is 0 Å². The Hall–Kier alpha value is -2.89. The highest BCUT2D eigenvalue weighted by molar-refractivity contribution is 5.97. The minimum atomic E-state index is -0.349. The molecule has 1 heterocycles. The Morgan fingerprint density at radius 2 is 1.61 bits per heavy atom. The summed E-state index contributed by atoms with van der Waals surface area (Å²) in [5.41, 5.74) is 1.07. The lowest BCUT2D eigenvalue weighted by Gasteiger charge is -2.40. The van der Waals surface area contributed by atoms with Crippen LogP contribution in [0.5, 0.6) is 5.75 Å². The molecule has 0 bridgehead atoms. The Kier molecular flexibility index (Phi) is 7.63. The van der Waals surface area contributed by atoms with Crippen molar-refractivity contribution in [1.29, 1.82) is 0 Å². The van der Waals surface area contributed by atoms with Gasteiger partial charge in [0.05, 0.1) is 11.6 Å². The van der Waals surface area contributed by atoms with Crippen molar-refractivity contribution in [3.05, 3.63) is 65.5 Å². The van der Waals surface area contributed by atoms with Crippen molar-refractivity contribution < 1.29 is 18.7 Å². The number of fused-ring (bicyclic) bond motifs is 2. The monoisotopic (exact) mass is 452 g/mol. The van der Waals surface area contributed by atoms with Crippen molar-refractivity contribution in [2.75, 3.05) is 20.1 Å². The van der Waals surface area contributed by atoms with Gasteiger partial charge in [0, 0.05) is 25.7 Å². The van der Waals surface area contributed by atoms with Crippen LogP contribution >= 0.6 is 0 Å². The van der Waals surface area contributed by atoms with Crippen molar-refractivity contribution in [2.45, 2.75) is 63.5 Å². The second-order valence-corrected chi connectivity index (χ2v) is 9.15. The summed E-state index contributed by atoms with van der Waals surface area (Å²) in [4.78, 5) is 30.4. The number of halogens is 1. The normalized spacial score (nSPS) is 22.5. The maximum Gasteiger partial charge on any atom is 0.257 e. The van der Waals surface area contributed by atoms with E-state index in [1.807, 2.05) is 36.2 Å². The first kappa shape index (κ1) is 23.3. The Balaban J connectivity index is 1.67. The van der Waals surface area contributed by atoms with Crippen molar-refractivity contribution >= 4 is 11.8 Å². The molecule has 2 amide bonds. The molecule has 4 rings (SSSR count). The summed E-state index contributed by atoms with van der Waals surface area (Å²) < 4.78 is 20.0. The summed E-state index contributed by atoms with van der Waals surface area (Å²) in [7, 11) is 1.84. The van der Waals surface area contributed by atoms with E-state index in [1.54, 1.807) is 17.0 Å². The van der Waals surface area contributed by atoms with E-state index in [4.69, 9.17) is 4.74 Å². The molecule has 1 aliphatic heterocycles. The zero-order valence-corrected chi connectivity index (χ0v) is 19.3. The van der Waals surface area contributed by atoms with Crippen molar-refractivity contribution in [3.8, 4) is 5.75 Å². The van der Waals surface area contributed by atoms with Crippen LogP contribution in [0.3, 0.4) is 0 Å². The van der Waals surface area contributed by atoms with Gasteiger partial charge < -0.3 is 14.5 Å². The lowest BCUT2D eigenvalue weighted by molar-refractivity contribution is 0.0267. The fourth-order valence-electron chi connectivity index (χ4n) is 4.95. The summed E-state index contributed by atoms with van der Waals surface area (Å²) in [6, 6.07) is 13.1. The molecule has 0 spiro atoms. The topological polar surface area (TPSA) is 49.9 Å². The molecule has 1 saturated carbocycles. The highest BCUT2D eigenvalue weighted by Gasteiger charge is 2.35. The quantitative estimate of drug-likeness (QED) is 0.590. The molecule has 0 radical (unpaired) electrons. The number of amides is 2. The molecule has 5 nitrogen and oxygen atoms in total. The predicted octanol–water partition coefficient (Wildman–Crippen LogP) is 5.30. The SMILES string of the molecule is CN1CCCCCCN(C(=O)c2ccc(F)cc2)[C@@H]2CCCC[C@@H]2Oc2ccccc2C1=O. The highest BCUT2D eigenvalue weighted by atomic mass is 19.1. The second-order valence-electron chi connectivity index (χ2n) is 9.15. The van der Waals surface area contributed by atoms with Crippen molar-refractivity contribution in [2.24, 2.45) is 0 Å². The van der Waals surface area contributed by atoms with Crippen LogP contribution in [0.1, 0.15) is 72.1 Å². The molecule has 0 aromatic heterocycles. The van der Waals surface area contributed by atoms with Gasteiger partial charge in [-0.2, -0.15) is 0 Å². The van der Waals surface area contributed by atoms with Crippen LogP contribution in [0.25, 0.3) is 0 Å². The predicted molar refractivity (Wildman–Crippen MR) is 126 cm³/mol. The summed E-state index contributed by atoms with van der Waals surface area (Å²) in [6.07, 6.45) is 7.35. The number of hydrogen-bond donors (Lipinski definition) is 0. The zero-order valence-electron chi connectivity index (χ0n) is 19.3. The van der Waals surface area contributed by atoms with Crippen LogP contribution in [-0.2, 0) is 0 Å². The van der Waals surface area contributed by atoms with Crippen LogP contribution in [-0.4, -0.2) is 53.9 Å². The Bertz CT molecular complexity index is 962. The number of ether oxygens (including phenoxy) is 1. The molecule has 0 saturated heterocycles. The van der Waals surface area contributed by atoms with Gasteiger partial charge in [-0.05, 0) is 68.5 Å². The third-order valence-corrected chi connectivity index (χ3v) is 6.81. The van der Waals surface area contributed by atoms with Gasteiger partial charge in [-0.25, -0.2) is 4.39 Å². The van der Waals surface area contributed by atoms with Gasteiger partial charge in [-0.15, -0.1) is 0 Å². The fourth-order valence-corrected chi connectivity index (χ4v) is 4.95.